The lowest BCUT2D eigenvalue weighted by Gasteiger charge is -2.30. The Morgan fingerprint density at radius 2 is 2.17 bits per heavy atom. The predicted octanol–water partition coefficient (Wildman–Crippen LogP) is 3.04. The Labute approximate surface area is 173 Å². The first-order valence-corrected chi connectivity index (χ1v) is 9.85. The van der Waals surface area contributed by atoms with Gasteiger partial charge in [0.1, 0.15) is 23.3 Å². The highest BCUT2D eigenvalue weighted by atomic mass is 16.5. The molecule has 0 spiro atoms. The van der Waals surface area contributed by atoms with Crippen LogP contribution in [0.15, 0.2) is 30.5 Å². The molecule has 0 saturated heterocycles. The third kappa shape index (κ3) is 3.90. The molecule has 3 aromatic rings. The number of carbonyl (C=O) groups excluding carboxylic acids is 1. The highest BCUT2D eigenvalue weighted by molar-refractivity contribution is 5.99. The van der Waals surface area contributed by atoms with Crippen LogP contribution in [0.3, 0.4) is 0 Å². The van der Waals surface area contributed by atoms with Gasteiger partial charge in [-0.25, -0.2) is 9.78 Å². The molecule has 9 heteroatoms. The fourth-order valence-corrected chi connectivity index (χ4v) is 3.79. The lowest BCUT2D eigenvalue weighted by Crippen LogP contribution is -2.42. The minimum absolute atomic E-state index is 0.0190. The average Bonchev–Trinajstić information content (AvgIpc) is 3.22. The van der Waals surface area contributed by atoms with Crippen LogP contribution in [0.2, 0.25) is 0 Å². The number of methoxy groups -OCH3 is 1. The van der Waals surface area contributed by atoms with Crippen LogP contribution in [0.1, 0.15) is 41.6 Å². The number of esters is 1. The molecule has 2 atom stereocenters. The number of carbonyl (C=O) groups is 1. The number of benzene rings is 1. The minimum atomic E-state index is -0.634. The van der Waals surface area contributed by atoms with E-state index in [1.165, 1.54) is 7.11 Å². The van der Waals surface area contributed by atoms with Crippen molar-refractivity contribution < 1.29 is 9.53 Å². The van der Waals surface area contributed by atoms with Crippen molar-refractivity contribution in [2.75, 3.05) is 17.7 Å². The molecule has 2 unspecified atom stereocenters. The van der Waals surface area contributed by atoms with Gasteiger partial charge >= 0.3 is 5.97 Å². The molecule has 1 aliphatic carbocycles. The zero-order valence-electron chi connectivity index (χ0n) is 16.6. The Hall–Kier alpha value is -3.64. The number of aromatic nitrogens is 3. The maximum Gasteiger partial charge on any atom is 0.343 e. The van der Waals surface area contributed by atoms with E-state index in [0.29, 0.717) is 11.5 Å². The minimum Gasteiger partial charge on any atom is -0.465 e. The Bertz CT molecular complexity index is 1120. The van der Waals surface area contributed by atoms with Gasteiger partial charge < -0.3 is 21.1 Å². The molecular formula is C21H23N7O2. The number of ether oxygens (including phenoxy) is 1. The molecule has 1 aliphatic rings. The van der Waals surface area contributed by atoms with Gasteiger partial charge in [-0.15, -0.1) is 0 Å². The first-order chi connectivity index (χ1) is 14.6. The molecule has 0 bridgehead atoms. The topological polar surface area (TPSA) is 142 Å². The number of fused-ring (bicyclic) bond motifs is 1. The van der Waals surface area contributed by atoms with Crippen molar-refractivity contribution in [3.8, 4) is 6.07 Å². The average molecular weight is 405 g/mol. The number of nitrogens with two attached hydrogens (primary N) is 1. The number of rotatable bonds is 5. The number of aromatic amines is 1. The third-order valence-electron chi connectivity index (χ3n) is 5.39. The fourth-order valence-electron chi connectivity index (χ4n) is 3.79. The number of hydrogen-bond acceptors (Lipinski definition) is 8. The van der Waals surface area contributed by atoms with E-state index in [1.807, 2.05) is 18.2 Å². The lowest BCUT2D eigenvalue weighted by atomic mass is 9.91. The molecule has 1 saturated carbocycles. The second kappa shape index (κ2) is 8.39. The summed E-state index contributed by atoms with van der Waals surface area (Å²) in [5.74, 6) is 0.100. The van der Waals surface area contributed by atoms with E-state index in [9.17, 15) is 10.1 Å². The SMILES string of the molecule is COC(=O)c1c(C#N)cc(NC2CCCCC2N)nc1Nc1ccc2cn[nH]c2c1. The van der Waals surface area contributed by atoms with E-state index in [1.54, 1.807) is 12.3 Å². The second-order valence-electron chi connectivity index (χ2n) is 7.38. The Balaban J connectivity index is 1.73. The van der Waals surface area contributed by atoms with Crippen molar-refractivity contribution in [1.29, 1.82) is 5.26 Å². The van der Waals surface area contributed by atoms with Crippen LogP contribution < -0.4 is 16.4 Å². The van der Waals surface area contributed by atoms with Gasteiger partial charge in [0.15, 0.2) is 0 Å². The van der Waals surface area contributed by atoms with E-state index in [0.717, 1.165) is 36.6 Å². The van der Waals surface area contributed by atoms with Crippen molar-refractivity contribution in [1.82, 2.24) is 15.2 Å². The molecule has 2 heterocycles. The monoisotopic (exact) mass is 405 g/mol. The molecule has 0 aliphatic heterocycles. The number of H-pyrrole nitrogens is 1. The van der Waals surface area contributed by atoms with Gasteiger partial charge in [-0.3, -0.25) is 5.10 Å². The quantitative estimate of drug-likeness (QED) is 0.475. The normalized spacial score (nSPS) is 18.6. The van der Waals surface area contributed by atoms with Gasteiger partial charge in [-0.1, -0.05) is 12.8 Å². The van der Waals surface area contributed by atoms with E-state index in [-0.39, 0.29) is 29.0 Å². The summed E-state index contributed by atoms with van der Waals surface area (Å²) in [4.78, 5) is 17.0. The molecule has 1 aromatic carbocycles. The van der Waals surface area contributed by atoms with Crippen LogP contribution in [-0.2, 0) is 4.74 Å². The van der Waals surface area contributed by atoms with Crippen molar-refractivity contribution in [3.63, 3.8) is 0 Å². The Kier molecular flexibility index (Phi) is 5.50. The smallest absolute Gasteiger partial charge is 0.343 e. The number of anilines is 3. The molecule has 0 amide bonds. The third-order valence-corrected chi connectivity index (χ3v) is 5.39. The van der Waals surface area contributed by atoms with Crippen LogP contribution in [0.4, 0.5) is 17.3 Å². The van der Waals surface area contributed by atoms with Crippen LogP contribution in [0.25, 0.3) is 10.9 Å². The summed E-state index contributed by atoms with van der Waals surface area (Å²) >= 11 is 0. The van der Waals surface area contributed by atoms with Crippen molar-refractivity contribution in [2.45, 2.75) is 37.8 Å². The first kappa shape index (κ1) is 19.7. The molecule has 0 radical (unpaired) electrons. The second-order valence-corrected chi connectivity index (χ2v) is 7.38. The largest absolute Gasteiger partial charge is 0.465 e. The van der Waals surface area contributed by atoms with Crippen LogP contribution in [0.5, 0.6) is 0 Å². The van der Waals surface area contributed by atoms with E-state index < -0.39 is 5.97 Å². The Morgan fingerprint density at radius 1 is 1.33 bits per heavy atom. The fraction of sp³-hybridized carbons (Fsp3) is 0.333. The molecule has 4 rings (SSSR count). The van der Waals surface area contributed by atoms with Gasteiger partial charge in [-0.2, -0.15) is 10.4 Å². The molecular weight excluding hydrogens is 382 g/mol. The maximum absolute atomic E-state index is 12.4. The first-order valence-electron chi connectivity index (χ1n) is 9.85. The zero-order chi connectivity index (χ0) is 21.1. The summed E-state index contributed by atoms with van der Waals surface area (Å²) < 4.78 is 4.90. The van der Waals surface area contributed by atoms with Gasteiger partial charge in [0.2, 0.25) is 0 Å². The van der Waals surface area contributed by atoms with Crippen molar-refractivity contribution in [3.05, 3.63) is 41.6 Å². The summed E-state index contributed by atoms with van der Waals surface area (Å²) in [7, 11) is 1.27. The van der Waals surface area contributed by atoms with Crippen molar-refractivity contribution >= 4 is 34.2 Å². The van der Waals surface area contributed by atoms with Crippen LogP contribution in [-0.4, -0.2) is 40.3 Å². The van der Waals surface area contributed by atoms with E-state index in [4.69, 9.17) is 10.5 Å². The molecule has 2 aromatic heterocycles. The summed E-state index contributed by atoms with van der Waals surface area (Å²) in [5.41, 5.74) is 8.04. The number of nitrogens with one attached hydrogen (secondary N) is 3. The van der Waals surface area contributed by atoms with E-state index in [2.05, 4.69) is 31.9 Å². The van der Waals surface area contributed by atoms with Crippen molar-refractivity contribution in [2.24, 2.45) is 5.73 Å². The number of nitrogens with zero attached hydrogens (tertiary/aromatic N) is 3. The summed E-state index contributed by atoms with van der Waals surface area (Å²) in [6.45, 7) is 0. The van der Waals surface area contributed by atoms with Gasteiger partial charge in [0.25, 0.3) is 0 Å². The van der Waals surface area contributed by atoms with E-state index >= 15 is 0 Å². The van der Waals surface area contributed by atoms with Gasteiger partial charge in [-0.05, 0) is 37.1 Å². The highest BCUT2D eigenvalue weighted by Crippen LogP contribution is 2.28. The summed E-state index contributed by atoms with van der Waals surface area (Å²) in [5, 5.41) is 24.0. The van der Waals surface area contributed by atoms with Crippen LogP contribution >= 0.6 is 0 Å². The number of pyridine rings is 1. The number of hydrogen-bond donors (Lipinski definition) is 4. The van der Waals surface area contributed by atoms with Gasteiger partial charge in [0.05, 0.1) is 24.4 Å². The molecule has 1 fully saturated rings. The van der Waals surface area contributed by atoms with Gasteiger partial charge in [0, 0.05) is 23.2 Å². The predicted molar refractivity (Wildman–Crippen MR) is 114 cm³/mol. The molecule has 30 heavy (non-hydrogen) atoms. The Morgan fingerprint density at radius 3 is 2.93 bits per heavy atom. The molecule has 154 valence electrons. The number of nitriles is 1. The lowest BCUT2D eigenvalue weighted by molar-refractivity contribution is 0.0601. The van der Waals surface area contributed by atoms with Crippen LogP contribution in [0, 0.1) is 11.3 Å². The standard InChI is InChI=1S/C21H23N7O2/c1-30-21(29)19-13(10-22)8-18(26-16-5-3-2-4-15(16)23)27-20(19)25-14-7-6-12-11-24-28-17(12)9-14/h6-9,11,15-16H,2-5,23H2,1H3,(H,24,28)(H2,25,26,27). The zero-order valence-corrected chi connectivity index (χ0v) is 16.6. The highest BCUT2D eigenvalue weighted by Gasteiger charge is 2.25. The molecule has 9 nitrogen and oxygen atoms in total. The molecule has 5 N–H and O–H groups in total. The maximum atomic E-state index is 12.4. The summed E-state index contributed by atoms with van der Waals surface area (Å²) in [6.07, 6.45) is 5.80. The summed E-state index contributed by atoms with van der Waals surface area (Å²) in [6, 6.07) is 9.34.